The molecule has 0 aliphatic heterocycles. The highest BCUT2D eigenvalue weighted by Crippen LogP contribution is 2.29. The van der Waals surface area contributed by atoms with E-state index in [0.717, 1.165) is 22.0 Å². The van der Waals surface area contributed by atoms with Crippen molar-refractivity contribution < 1.29 is 4.74 Å². The summed E-state index contributed by atoms with van der Waals surface area (Å²) < 4.78 is 5.90. The molecule has 2 aromatic carbocycles. The van der Waals surface area contributed by atoms with Crippen molar-refractivity contribution in [3.63, 3.8) is 0 Å². The molecule has 2 N–H and O–H groups in total. The van der Waals surface area contributed by atoms with Crippen LogP contribution in [0.4, 0.5) is 0 Å². The maximum absolute atomic E-state index is 6.20. The molecule has 3 nitrogen and oxygen atoms in total. The molecule has 0 spiro atoms. The van der Waals surface area contributed by atoms with Gasteiger partial charge in [-0.3, -0.25) is 4.98 Å². The average Bonchev–Trinajstić information content (AvgIpc) is 2.53. The Balaban J connectivity index is 1.91. The van der Waals surface area contributed by atoms with E-state index < -0.39 is 0 Å². The number of nitrogens with two attached hydrogens (primary N) is 1. The number of hydrogen-bond donors (Lipinski definition) is 1. The zero-order valence-corrected chi connectivity index (χ0v) is 12.2. The summed E-state index contributed by atoms with van der Waals surface area (Å²) in [5.41, 5.74) is 8.60. The number of nitrogens with zero attached hydrogens (tertiary/aromatic N) is 1. The third-order valence-electron chi connectivity index (χ3n) is 3.36. The molecule has 3 rings (SSSR count). The molecule has 3 aromatic rings. The van der Waals surface area contributed by atoms with Crippen molar-refractivity contribution in [1.82, 2.24) is 4.98 Å². The van der Waals surface area contributed by atoms with E-state index in [1.165, 1.54) is 0 Å². The normalized spacial score (nSPS) is 10.8. The van der Waals surface area contributed by atoms with E-state index >= 15 is 0 Å². The van der Waals surface area contributed by atoms with Crippen LogP contribution in [0.5, 0.6) is 5.75 Å². The van der Waals surface area contributed by atoms with E-state index in [0.29, 0.717) is 23.9 Å². The first-order chi connectivity index (χ1) is 10.3. The largest absolute Gasteiger partial charge is 0.487 e. The van der Waals surface area contributed by atoms with Crippen LogP contribution in [0.25, 0.3) is 10.9 Å². The summed E-state index contributed by atoms with van der Waals surface area (Å²) in [5.74, 6) is 0.648. The average molecular weight is 299 g/mol. The minimum absolute atomic E-state index is 0.393. The van der Waals surface area contributed by atoms with Gasteiger partial charge in [-0.15, -0.1) is 0 Å². The van der Waals surface area contributed by atoms with E-state index in [4.69, 9.17) is 22.1 Å². The van der Waals surface area contributed by atoms with E-state index in [-0.39, 0.29) is 0 Å². The second-order valence-corrected chi connectivity index (χ2v) is 5.12. The number of benzene rings is 2. The van der Waals surface area contributed by atoms with Crippen LogP contribution in [0.1, 0.15) is 11.1 Å². The molecule has 1 heterocycles. The molecule has 1 aromatic heterocycles. The number of para-hydroxylation sites is 2. The molecule has 4 heteroatoms. The quantitative estimate of drug-likeness (QED) is 0.794. The van der Waals surface area contributed by atoms with Gasteiger partial charge in [0.1, 0.15) is 12.4 Å². The van der Waals surface area contributed by atoms with Gasteiger partial charge in [-0.25, -0.2) is 0 Å². The highest BCUT2D eigenvalue weighted by atomic mass is 35.5. The van der Waals surface area contributed by atoms with Crippen molar-refractivity contribution in [3.8, 4) is 5.75 Å². The first kappa shape index (κ1) is 13.9. The molecule has 0 aliphatic carbocycles. The minimum Gasteiger partial charge on any atom is -0.487 e. The lowest BCUT2D eigenvalue weighted by Crippen LogP contribution is -2.04. The zero-order valence-electron chi connectivity index (χ0n) is 11.4. The van der Waals surface area contributed by atoms with Gasteiger partial charge in [-0.1, -0.05) is 48.0 Å². The number of rotatable bonds is 4. The maximum Gasteiger partial charge on any atom is 0.142 e. The molecule has 0 amide bonds. The Hall–Kier alpha value is -2.10. The minimum atomic E-state index is 0.393. The van der Waals surface area contributed by atoms with Crippen molar-refractivity contribution >= 4 is 22.5 Å². The number of aromatic nitrogens is 1. The topological polar surface area (TPSA) is 48.1 Å². The van der Waals surface area contributed by atoms with Gasteiger partial charge in [0.05, 0.1) is 10.5 Å². The Bertz CT molecular complexity index is 768. The fourth-order valence-corrected chi connectivity index (χ4v) is 2.56. The SMILES string of the molecule is NCc1cccc(Cl)c1OCc1cccc2cccnc12. The summed E-state index contributed by atoms with van der Waals surface area (Å²) >= 11 is 6.20. The van der Waals surface area contributed by atoms with Crippen LogP contribution in [-0.4, -0.2) is 4.98 Å². The van der Waals surface area contributed by atoms with E-state index in [1.807, 2.05) is 42.5 Å². The van der Waals surface area contributed by atoms with Gasteiger partial charge < -0.3 is 10.5 Å². The van der Waals surface area contributed by atoms with Gasteiger partial charge in [-0.2, -0.15) is 0 Å². The second-order valence-electron chi connectivity index (χ2n) is 4.71. The Morgan fingerprint density at radius 1 is 1.00 bits per heavy atom. The van der Waals surface area contributed by atoms with Crippen LogP contribution < -0.4 is 10.5 Å². The van der Waals surface area contributed by atoms with Crippen LogP contribution in [0.3, 0.4) is 0 Å². The summed E-state index contributed by atoms with van der Waals surface area (Å²) in [6.07, 6.45) is 1.78. The summed E-state index contributed by atoms with van der Waals surface area (Å²) in [6.45, 7) is 0.800. The molecular weight excluding hydrogens is 284 g/mol. The van der Waals surface area contributed by atoms with Crippen LogP contribution in [0, 0.1) is 0 Å². The van der Waals surface area contributed by atoms with E-state index in [2.05, 4.69) is 4.98 Å². The molecule has 0 atom stereocenters. The van der Waals surface area contributed by atoms with Crippen LogP contribution in [0.2, 0.25) is 5.02 Å². The monoisotopic (exact) mass is 298 g/mol. The third kappa shape index (κ3) is 2.84. The fraction of sp³-hybridized carbons (Fsp3) is 0.118. The van der Waals surface area contributed by atoms with Gasteiger partial charge in [-0.05, 0) is 12.1 Å². The Labute approximate surface area is 128 Å². The molecule has 0 saturated carbocycles. The molecule has 106 valence electrons. The molecule has 0 unspecified atom stereocenters. The van der Waals surface area contributed by atoms with Gasteiger partial charge in [0.15, 0.2) is 0 Å². The van der Waals surface area contributed by atoms with Gasteiger partial charge in [0.25, 0.3) is 0 Å². The van der Waals surface area contributed by atoms with Crippen molar-refractivity contribution in [2.75, 3.05) is 0 Å². The summed E-state index contributed by atoms with van der Waals surface area (Å²) in [7, 11) is 0. The zero-order chi connectivity index (χ0) is 14.7. The second kappa shape index (κ2) is 6.12. The standard InChI is InChI=1S/C17H15ClN2O/c18-15-8-2-5-13(10-19)17(15)21-11-14-6-1-4-12-7-3-9-20-16(12)14/h1-9H,10-11,19H2. The van der Waals surface area contributed by atoms with Crippen molar-refractivity contribution in [3.05, 3.63) is 70.9 Å². The first-order valence-electron chi connectivity index (χ1n) is 6.72. The van der Waals surface area contributed by atoms with Crippen molar-refractivity contribution in [2.24, 2.45) is 5.73 Å². The van der Waals surface area contributed by atoms with E-state index in [1.54, 1.807) is 12.3 Å². The summed E-state index contributed by atoms with van der Waals surface area (Å²) in [5, 5.41) is 1.67. The van der Waals surface area contributed by atoms with Gasteiger partial charge in [0.2, 0.25) is 0 Å². The van der Waals surface area contributed by atoms with Gasteiger partial charge >= 0.3 is 0 Å². The number of hydrogen-bond acceptors (Lipinski definition) is 3. The Morgan fingerprint density at radius 2 is 1.76 bits per heavy atom. The number of pyridine rings is 1. The third-order valence-corrected chi connectivity index (χ3v) is 3.65. The predicted octanol–water partition coefficient (Wildman–Crippen LogP) is 3.93. The molecule has 21 heavy (non-hydrogen) atoms. The molecule has 0 radical (unpaired) electrons. The highest BCUT2D eigenvalue weighted by molar-refractivity contribution is 6.32. The molecule has 0 bridgehead atoms. The molecule has 0 fully saturated rings. The Morgan fingerprint density at radius 3 is 2.62 bits per heavy atom. The van der Waals surface area contributed by atoms with E-state index in [9.17, 15) is 0 Å². The van der Waals surface area contributed by atoms with Crippen molar-refractivity contribution in [1.29, 1.82) is 0 Å². The summed E-state index contributed by atoms with van der Waals surface area (Å²) in [6, 6.07) is 15.6. The fourth-order valence-electron chi connectivity index (χ4n) is 2.31. The first-order valence-corrected chi connectivity index (χ1v) is 7.10. The van der Waals surface area contributed by atoms with Crippen molar-refractivity contribution in [2.45, 2.75) is 13.2 Å². The molecule has 0 saturated heterocycles. The Kier molecular flexibility index (Phi) is 4.04. The lowest BCUT2D eigenvalue weighted by atomic mass is 10.1. The van der Waals surface area contributed by atoms with Crippen LogP contribution in [0.15, 0.2) is 54.7 Å². The van der Waals surface area contributed by atoms with Crippen LogP contribution in [-0.2, 0) is 13.2 Å². The number of halogens is 1. The lowest BCUT2D eigenvalue weighted by molar-refractivity contribution is 0.304. The molecule has 0 aliphatic rings. The maximum atomic E-state index is 6.20. The van der Waals surface area contributed by atoms with Crippen LogP contribution >= 0.6 is 11.6 Å². The lowest BCUT2D eigenvalue weighted by Gasteiger charge is -2.13. The summed E-state index contributed by atoms with van der Waals surface area (Å²) in [4.78, 5) is 4.42. The number of ether oxygens (including phenoxy) is 1. The highest BCUT2D eigenvalue weighted by Gasteiger charge is 2.09. The number of fused-ring (bicyclic) bond motifs is 1. The van der Waals surface area contributed by atoms with Gasteiger partial charge in [0, 0.05) is 29.3 Å². The molecular formula is C17H15ClN2O. The smallest absolute Gasteiger partial charge is 0.142 e. The predicted molar refractivity (Wildman–Crippen MR) is 85.4 cm³/mol.